The molecule has 1 N–H and O–H groups in total. The predicted octanol–water partition coefficient (Wildman–Crippen LogP) is 2.18. The summed E-state index contributed by atoms with van der Waals surface area (Å²) in [6, 6.07) is 0.864. The monoisotopic (exact) mass is 267 g/mol. The summed E-state index contributed by atoms with van der Waals surface area (Å²) in [5, 5.41) is 3.60. The van der Waals surface area contributed by atoms with E-state index in [0.29, 0.717) is 0 Å². The van der Waals surface area contributed by atoms with Crippen LogP contribution in [0, 0.1) is 5.92 Å². The Hall–Kier alpha value is -0.120. The lowest BCUT2D eigenvalue weighted by Crippen LogP contribution is -2.37. The Labute approximate surface area is 119 Å². The zero-order chi connectivity index (χ0) is 13.5. The highest BCUT2D eigenvalue weighted by molar-refractivity contribution is 4.85. The minimum Gasteiger partial charge on any atom is -0.315 e. The van der Waals surface area contributed by atoms with Gasteiger partial charge in [0, 0.05) is 25.7 Å². The number of hydrogen-bond donors (Lipinski definition) is 1. The van der Waals surface area contributed by atoms with Crippen LogP contribution in [-0.2, 0) is 0 Å². The van der Waals surface area contributed by atoms with Crippen molar-refractivity contribution >= 4 is 0 Å². The van der Waals surface area contributed by atoms with Gasteiger partial charge in [-0.1, -0.05) is 13.8 Å². The van der Waals surface area contributed by atoms with Gasteiger partial charge in [-0.05, 0) is 64.2 Å². The van der Waals surface area contributed by atoms with E-state index in [9.17, 15) is 0 Å². The third-order valence-electron chi connectivity index (χ3n) is 4.64. The SMILES string of the molecule is CC(C)CCCNCCN1CCC(N2CCCC2)C1. The summed E-state index contributed by atoms with van der Waals surface area (Å²) >= 11 is 0. The zero-order valence-corrected chi connectivity index (χ0v) is 13.0. The molecule has 2 aliphatic heterocycles. The molecule has 0 saturated carbocycles. The van der Waals surface area contributed by atoms with Crippen LogP contribution in [-0.4, -0.2) is 61.7 Å². The van der Waals surface area contributed by atoms with Crippen LogP contribution in [0.25, 0.3) is 0 Å². The smallest absolute Gasteiger partial charge is 0.0235 e. The van der Waals surface area contributed by atoms with E-state index >= 15 is 0 Å². The molecule has 112 valence electrons. The van der Waals surface area contributed by atoms with Crippen molar-refractivity contribution in [2.75, 3.05) is 45.8 Å². The average molecular weight is 267 g/mol. The molecule has 2 aliphatic rings. The topological polar surface area (TPSA) is 18.5 Å². The first-order valence-electron chi connectivity index (χ1n) is 8.43. The Morgan fingerprint density at radius 3 is 2.63 bits per heavy atom. The van der Waals surface area contributed by atoms with Crippen molar-refractivity contribution in [3.05, 3.63) is 0 Å². The van der Waals surface area contributed by atoms with Crippen LogP contribution in [0.5, 0.6) is 0 Å². The van der Waals surface area contributed by atoms with Gasteiger partial charge in [-0.2, -0.15) is 0 Å². The van der Waals surface area contributed by atoms with Gasteiger partial charge in [0.05, 0.1) is 0 Å². The van der Waals surface area contributed by atoms with E-state index in [4.69, 9.17) is 0 Å². The molecule has 2 fully saturated rings. The molecule has 2 rings (SSSR count). The van der Waals surface area contributed by atoms with Gasteiger partial charge >= 0.3 is 0 Å². The van der Waals surface area contributed by atoms with Crippen molar-refractivity contribution in [3.63, 3.8) is 0 Å². The first-order chi connectivity index (χ1) is 9.25. The molecule has 0 bridgehead atoms. The number of hydrogen-bond acceptors (Lipinski definition) is 3. The molecule has 2 heterocycles. The van der Waals surface area contributed by atoms with Crippen LogP contribution in [0.2, 0.25) is 0 Å². The molecule has 3 nitrogen and oxygen atoms in total. The van der Waals surface area contributed by atoms with Crippen molar-refractivity contribution in [1.82, 2.24) is 15.1 Å². The molecular weight excluding hydrogens is 234 g/mol. The number of rotatable bonds is 8. The largest absolute Gasteiger partial charge is 0.315 e. The van der Waals surface area contributed by atoms with Gasteiger partial charge in [-0.3, -0.25) is 4.90 Å². The van der Waals surface area contributed by atoms with E-state index in [0.717, 1.165) is 12.0 Å². The van der Waals surface area contributed by atoms with Gasteiger partial charge in [0.2, 0.25) is 0 Å². The van der Waals surface area contributed by atoms with Crippen LogP contribution in [0.1, 0.15) is 46.0 Å². The lowest BCUT2D eigenvalue weighted by molar-refractivity contribution is 0.232. The standard InChI is InChI=1S/C16H33N3/c1-15(2)6-5-8-17-9-13-18-12-7-16(14-18)19-10-3-4-11-19/h15-17H,3-14H2,1-2H3. The molecule has 2 saturated heterocycles. The first kappa shape index (κ1) is 15.3. The van der Waals surface area contributed by atoms with Gasteiger partial charge < -0.3 is 10.2 Å². The third-order valence-corrected chi connectivity index (χ3v) is 4.64. The minimum atomic E-state index is 0.849. The maximum Gasteiger partial charge on any atom is 0.0235 e. The summed E-state index contributed by atoms with van der Waals surface area (Å²) in [7, 11) is 0. The van der Waals surface area contributed by atoms with E-state index in [1.807, 2.05) is 0 Å². The summed E-state index contributed by atoms with van der Waals surface area (Å²) in [6.45, 7) is 13.6. The fraction of sp³-hybridized carbons (Fsp3) is 1.00. The summed E-state index contributed by atoms with van der Waals surface area (Å²) in [6.07, 6.45) is 6.93. The Bertz CT molecular complexity index is 236. The normalized spacial score (nSPS) is 25.7. The predicted molar refractivity (Wildman–Crippen MR) is 82.6 cm³/mol. The highest BCUT2D eigenvalue weighted by Gasteiger charge is 2.28. The second-order valence-electron chi connectivity index (χ2n) is 6.77. The number of nitrogens with zero attached hydrogens (tertiary/aromatic N) is 2. The highest BCUT2D eigenvalue weighted by atomic mass is 15.3. The van der Waals surface area contributed by atoms with Gasteiger partial charge in [0.1, 0.15) is 0 Å². The van der Waals surface area contributed by atoms with Gasteiger partial charge in [-0.15, -0.1) is 0 Å². The van der Waals surface area contributed by atoms with Gasteiger partial charge in [0.25, 0.3) is 0 Å². The quantitative estimate of drug-likeness (QED) is 0.680. The Balaban J connectivity index is 1.48. The highest BCUT2D eigenvalue weighted by Crippen LogP contribution is 2.19. The summed E-state index contributed by atoms with van der Waals surface area (Å²) in [5.41, 5.74) is 0. The summed E-state index contributed by atoms with van der Waals surface area (Å²) in [5.74, 6) is 0.849. The molecule has 1 unspecified atom stereocenters. The summed E-state index contributed by atoms with van der Waals surface area (Å²) < 4.78 is 0. The Morgan fingerprint density at radius 1 is 1.11 bits per heavy atom. The molecular formula is C16H33N3. The number of nitrogens with one attached hydrogen (secondary N) is 1. The molecule has 0 spiro atoms. The van der Waals surface area contributed by atoms with Crippen molar-refractivity contribution in [2.45, 2.75) is 52.0 Å². The van der Waals surface area contributed by atoms with Crippen LogP contribution in [0.15, 0.2) is 0 Å². The second kappa shape index (κ2) is 8.23. The van der Waals surface area contributed by atoms with Crippen molar-refractivity contribution in [3.8, 4) is 0 Å². The van der Waals surface area contributed by atoms with E-state index in [2.05, 4.69) is 29.0 Å². The molecule has 0 amide bonds. The lowest BCUT2D eigenvalue weighted by atomic mass is 10.1. The molecule has 0 aromatic heterocycles. The first-order valence-corrected chi connectivity index (χ1v) is 8.43. The van der Waals surface area contributed by atoms with E-state index < -0.39 is 0 Å². The molecule has 0 aromatic carbocycles. The summed E-state index contributed by atoms with van der Waals surface area (Å²) in [4.78, 5) is 5.37. The fourth-order valence-corrected chi connectivity index (χ4v) is 3.42. The van der Waals surface area contributed by atoms with Gasteiger partial charge in [0.15, 0.2) is 0 Å². The van der Waals surface area contributed by atoms with Crippen molar-refractivity contribution < 1.29 is 0 Å². The molecule has 1 atom stereocenters. The molecule has 19 heavy (non-hydrogen) atoms. The Morgan fingerprint density at radius 2 is 1.89 bits per heavy atom. The van der Waals surface area contributed by atoms with E-state index in [1.54, 1.807) is 0 Å². The van der Waals surface area contributed by atoms with E-state index in [-0.39, 0.29) is 0 Å². The maximum atomic E-state index is 3.60. The molecule has 0 aromatic rings. The number of likely N-dealkylation sites (tertiary alicyclic amines) is 2. The van der Waals surface area contributed by atoms with Crippen LogP contribution < -0.4 is 5.32 Å². The maximum absolute atomic E-state index is 3.60. The van der Waals surface area contributed by atoms with Crippen LogP contribution in [0.3, 0.4) is 0 Å². The minimum absolute atomic E-state index is 0.849. The van der Waals surface area contributed by atoms with Crippen LogP contribution in [0.4, 0.5) is 0 Å². The lowest BCUT2D eigenvalue weighted by Gasteiger charge is -2.23. The fourth-order valence-electron chi connectivity index (χ4n) is 3.42. The van der Waals surface area contributed by atoms with Crippen molar-refractivity contribution in [1.29, 1.82) is 0 Å². The molecule has 0 radical (unpaired) electrons. The zero-order valence-electron chi connectivity index (χ0n) is 13.0. The molecule has 0 aliphatic carbocycles. The van der Waals surface area contributed by atoms with Crippen LogP contribution >= 0.6 is 0 Å². The molecule has 3 heteroatoms. The average Bonchev–Trinajstić information content (AvgIpc) is 3.03. The Kier molecular flexibility index (Phi) is 6.62. The van der Waals surface area contributed by atoms with E-state index in [1.165, 1.54) is 77.9 Å². The van der Waals surface area contributed by atoms with Crippen molar-refractivity contribution in [2.24, 2.45) is 5.92 Å². The van der Waals surface area contributed by atoms with Gasteiger partial charge in [-0.25, -0.2) is 0 Å². The third kappa shape index (κ3) is 5.41. The second-order valence-corrected chi connectivity index (χ2v) is 6.77.